The summed E-state index contributed by atoms with van der Waals surface area (Å²) in [5.74, 6) is 0.179. The Labute approximate surface area is 95.3 Å². The molecule has 0 spiro atoms. The van der Waals surface area contributed by atoms with Crippen molar-refractivity contribution in [2.24, 2.45) is 0 Å². The molecular formula is C12H18O2S. The molecule has 15 heavy (non-hydrogen) atoms. The first-order valence-corrected chi connectivity index (χ1v) is 6.03. The van der Waals surface area contributed by atoms with Crippen molar-refractivity contribution < 1.29 is 9.53 Å². The number of thiophene rings is 1. The Balaban J connectivity index is 2.20. The van der Waals surface area contributed by atoms with Crippen molar-refractivity contribution in [3.8, 4) is 0 Å². The highest BCUT2D eigenvalue weighted by atomic mass is 32.1. The summed E-state index contributed by atoms with van der Waals surface area (Å²) in [6.45, 7) is 6.10. The van der Waals surface area contributed by atoms with E-state index >= 15 is 0 Å². The molecular weight excluding hydrogens is 208 g/mol. The van der Waals surface area contributed by atoms with Gasteiger partial charge >= 0.3 is 0 Å². The Kier molecular flexibility index (Phi) is 4.48. The van der Waals surface area contributed by atoms with Crippen molar-refractivity contribution in [2.75, 3.05) is 6.61 Å². The van der Waals surface area contributed by atoms with E-state index in [1.165, 1.54) is 4.88 Å². The van der Waals surface area contributed by atoms with Crippen molar-refractivity contribution >= 4 is 17.1 Å². The SMILES string of the molecule is CC(C)(C)OCC(=O)CCc1cccs1. The van der Waals surface area contributed by atoms with Gasteiger partial charge in [-0.3, -0.25) is 4.79 Å². The van der Waals surface area contributed by atoms with Gasteiger partial charge in [-0.2, -0.15) is 0 Å². The molecule has 0 fully saturated rings. The summed E-state index contributed by atoms with van der Waals surface area (Å²) in [5.41, 5.74) is -0.224. The summed E-state index contributed by atoms with van der Waals surface area (Å²) >= 11 is 1.70. The third-order valence-electron chi connectivity index (χ3n) is 1.90. The van der Waals surface area contributed by atoms with Crippen LogP contribution in [0.2, 0.25) is 0 Å². The summed E-state index contributed by atoms with van der Waals surface area (Å²) in [7, 11) is 0. The van der Waals surface area contributed by atoms with Gasteiger partial charge in [-0.1, -0.05) is 6.07 Å². The molecule has 1 aromatic rings. The highest BCUT2D eigenvalue weighted by Crippen LogP contribution is 2.12. The van der Waals surface area contributed by atoms with Crippen LogP contribution in [0.1, 0.15) is 32.1 Å². The number of ether oxygens (including phenoxy) is 1. The molecule has 84 valence electrons. The van der Waals surface area contributed by atoms with Crippen LogP contribution < -0.4 is 0 Å². The number of carbonyl (C=O) groups excluding carboxylic acids is 1. The molecule has 0 aliphatic rings. The molecule has 1 heterocycles. The first kappa shape index (κ1) is 12.4. The van der Waals surface area contributed by atoms with Gasteiger partial charge in [0.05, 0.1) is 5.60 Å². The fourth-order valence-electron chi connectivity index (χ4n) is 1.09. The number of carbonyl (C=O) groups is 1. The van der Waals surface area contributed by atoms with Gasteiger partial charge in [-0.25, -0.2) is 0 Å². The highest BCUT2D eigenvalue weighted by molar-refractivity contribution is 7.09. The Morgan fingerprint density at radius 2 is 2.20 bits per heavy atom. The Morgan fingerprint density at radius 3 is 2.73 bits per heavy atom. The Hall–Kier alpha value is -0.670. The van der Waals surface area contributed by atoms with Crippen LogP contribution in [0.15, 0.2) is 17.5 Å². The number of rotatable bonds is 5. The minimum atomic E-state index is -0.224. The molecule has 0 aliphatic heterocycles. The maximum atomic E-state index is 11.5. The van der Waals surface area contributed by atoms with Gasteiger partial charge in [0, 0.05) is 11.3 Å². The molecule has 0 saturated carbocycles. The van der Waals surface area contributed by atoms with Crippen molar-refractivity contribution in [1.29, 1.82) is 0 Å². The summed E-state index contributed by atoms with van der Waals surface area (Å²) in [6.07, 6.45) is 1.42. The molecule has 0 bridgehead atoms. The van der Waals surface area contributed by atoms with E-state index in [-0.39, 0.29) is 18.0 Å². The standard InChI is InChI=1S/C12H18O2S/c1-12(2,3)14-9-10(13)6-7-11-5-4-8-15-11/h4-5,8H,6-7,9H2,1-3H3. The zero-order valence-corrected chi connectivity index (χ0v) is 10.4. The molecule has 2 nitrogen and oxygen atoms in total. The lowest BCUT2D eigenvalue weighted by molar-refractivity contribution is -0.128. The molecule has 1 aromatic heterocycles. The molecule has 0 N–H and O–H groups in total. The van der Waals surface area contributed by atoms with Crippen LogP contribution in [0.5, 0.6) is 0 Å². The van der Waals surface area contributed by atoms with E-state index in [1.807, 2.05) is 32.2 Å². The highest BCUT2D eigenvalue weighted by Gasteiger charge is 2.12. The molecule has 1 rings (SSSR count). The summed E-state index contributed by atoms with van der Waals surface area (Å²) in [6, 6.07) is 4.07. The quantitative estimate of drug-likeness (QED) is 0.771. The average molecular weight is 226 g/mol. The van der Waals surface area contributed by atoms with E-state index in [1.54, 1.807) is 11.3 Å². The van der Waals surface area contributed by atoms with Crippen LogP contribution >= 0.6 is 11.3 Å². The van der Waals surface area contributed by atoms with E-state index in [0.717, 1.165) is 6.42 Å². The first-order chi connectivity index (χ1) is 6.97. The van der Waals surface area contributed by atoms with Crippen molar-refractivity contribution in [3.63, 3.8) is 0 Å². The summed E-state index contributed by atoms with van der Waals surface area (Å²) in [4.78, 5) is 12.7. The largest absolute Gasteiger partial charge is 0.368 e. The van der Waals surface area contributed by atoms with Crippen molar-refractivity contribution in [2.45, 2.75) is 39.2 Å². The van der Waals surface area contributed by atoms with Crippen LogP contribution in [0.25, 0.3) is 0 Å². The van der Waals surface area contributed by atoms with E-state index in [4.69, 9.17) is 4.74 Å². The first-order valence-electron chi connectivity index (χ1n) is 5.15. The zero-order valence-electron chi connectivity index (χ0n) is 9.58. The minimum Gasteiger partial charge on any atom is -0.368 e. The maximum absolute atomic E-state index is 11.5. The normalized spacial score (nSPS) is 11.7. The van der Waals surface area contributed by atoms with Gasteiger partial charge in [0.25, 0.3) is 0 Å². The molecule has 0 aromatic carbocycles. The van der Waals surface area contributed by atoms with Crippen LogP contribution in [0.4, 0.5) is 0 Å². The third-order valence-corrected chi connectivity index (χ3v) is 2.83. The third kappa shape index (κ3) is 5.70. The predicted molar refractivity (Wildman–Crippen MR) is 63.4 cm³/mol. The number of aryl methyl sites for hydroxylation is 1. The fourth-order valence-corrected chi connectivity index (χ4v) is 1.80. The van der Waals surface area contributed by atoms with Crippen LogP contribution in [0.3, 0.4) is 0 Å². The smallest absolute Gasteiger partial charge is 0.158 e. The number of hydrogen-bond donors (Lipinski definition) is 0. The zero-order chi connectivity index (χ0) is 11.3. The topological polar surface area (TPSA) is 26.3 Å². The van der Waals surface area contributed by atoms with Crippen LogP contribution in [-0.4, -0.2) is 18.0 Å². The lowest BCUT2D eigenvalue weighted by Gasteiger charge is -2.18. The van der Waals surface area contributed by atoms with E-state index in [9.17, 15) is 4.79 Å². The molecule has 3 heteroatoms. The minimum absolute atomic E-state index is 0.179. The van der Waals surface area contributed by atoms with E-state index in [0.29, 0.717) is 6.42 Å². The predicted octanol–water partition coefficient (Wildman–Crippen LogP) is 3.06. The number of Topliss-reactive ketones (excluding diaryl/α,β-unsaturated/α-hetero) is 1. The summed E-state index contributed by atoms with van der Waals surface area (Å²) < 4.78 is 5.41. The lowest BCUT2D eigenvalue weighted by atomic mass is 10.2. The monoisotopic (exact) mass is 226 g/mol. The molecule has 0 unspecified atom stereocenters. The molecule has 0 aliphatic carbocycles. The van der Waals surface area contributed by atoms with Crippen LogP contribution in [0, 0.1) is 0 Å². The lowest BCUT2D eigenvalue weighted by Crippen LogP contribution is -2.23. The van der Waals surface area contributed by atoms with Gasteiger partial charge in [0.2, 0.25) is 0 Å². The van der Waals surface area contributed by atoms with Gasteiger partial charge in [-0.05, 0) is 38.6 Å². The van der Waals surface area contributed by atoms with E-state index < -0.39 is 0 Å². The Morgan fingerprint density at radius 1 is 1.47 bits per heavy atom. The van der Waals surface area contributed by atoms with E-state index in [2.05, 4.69) is 6.07 Å². The van der Waals surface area contributed by atoms with Gasteiger partial charge in [-0.15, -0.1) is 11.3 Å². The van der Waals surface area contributed by atoms with Gasteiger partial charge in [0.15, 0.2) is 5.78 Å². The number of hydrogen-bond acceptors (Lipinski definition) is 3. The van der Waals surface area contributed by atoms with Crippen molar-refractivity contribution in [3.05, 3.63) is 22.4 Å². The second-order valence-corrected chi connectivity index (χ2v) is 5.55. The summed E-state index contributed by atoms with van der Waals surface area (Å²) in [5, 5.41) is 2.03. The van der Waals surface area contributed by atoms with Gasteiger partial charge < -0.3 is 4.74 Å². The number of ketones is 1. The van der Waals surface area contributed by atoms with Crippen LogP contribution in [-0.2, 0) is 16.0 Å². The Bertz CT molecular complexity index is 296. The van der Waals surface area contributed by atoms with Gasteiger partial charge in [0.1, 0.15) is 6.61 Å². The molecule has 0 radical (unpaired) electrons. The second-order valence-electron chi connectivity index (χ2n) is 4.52. The van der Waals surface area contributed by atoms with Crippen molar-refractivity contribution in [1.82, 2.24) is 0 Å². The average Bonchev–Trinajstić information content (AvgIpc) is 2.62. The molecule has 0 atom stereocenters. The molecule has 0 amide bonds. The second kappa shape index (κ2) is 5.42. The maximum Gasteiger partial charge on any atom is 0.158 e. The molecule has 0 saturated heterocycles. The fraction of sp³-hybridized carbons (Fsp3) is 0.583.